The summed E-state index contributed by atoms with van der Waals surface area (Å²) < 4.78 is 1.88. The highest BCUT2D eigenvalue weighted by Gasteiger charge is 2.26. The number of nitrogens with one attached hydrogen (secondary N) is 1. The molecular formula is C15H10Br2N2O2S. The molecule has 0 radical (unpaired) electrons. The molecule has 0 aliphatic heterocycles. The monoisotopic (exact) mass is 440 g/mol. The van der Waals surface area contributed by atoms with E-state index in [-0.39, 0.29) is 17.4 Å². The summed E-state index contributed by atoms with van der Waals surface area (Å²) in [5.41, 5.74) is 2.90. The van der Waals surface area contributed by atoms with E-state index in [9.17, 15) is 9.59 Å². The molecule has 1 aliphatic rings. The second-order valence-electron chi connectivity index (χ2n) is 4.68. The Morgan fingerprint density at radius 2 is 2.09 bits per heavy atom. The van der Waals surface area contributed by atoms with Crippen molar-refractivity contribution in [3.05, 3.63) is 54.4 Å². The first-order valence-electron chi connectivity index (χ1n) is 6.42. The molecule has 22 heavy (non-hydrogen) atoms. The average molecular weight is 442 g/mol. The molecule has 1 aromatic carbocycles. The van der Waals surface area contributed by atoms with E-state index in [1.54, 1.807) is 5.38 Å². The molecule has 0 saturated heterocycles. The summed E-state index contributed by atoms with van der Waals surface area (Å²) in [6.07, 6.45) is 2.61. The van der Waals surface area contributed by atoms with Gasteiger partial charge in [0.15, 0.2) is 5.01 Å². The molecule has 1 amide bonds. The number of hydrogen-bond acceptors (Lipinski definition) is 4. The normalized spacial score (nSPS) is 12.8. The fourth-order valence-corrected chi connectivity index (χ4v) is 4.44. The Bertz CT molecular complexity index is 827. The average Bonchev–Trinajstić information content (AvgIpc) is 3.12. The van der Waals surface area contributed by atoms with Crippen molar-refractivity contribution >= 4 is 60.5 Å². The Labute approximate surface area is 147 Å². The molecule has 0 bridgehead atoms. The predicted molar refractivity (Wildman–Crippen MR) is 93.4 cm³/mol. The highest BCUT2D eigenvalue weighted by molar-refractivity contribution is 9.11. The Hall–Kier alpha value is -1.31. The summed E-state index contributed by atoms with van der Waals surface area (Å²) in [6.45, 7) is 0. The molecule has 4 nitrogen and oxygen atoms in total. The van der Waals surface area contributed by atoms with E-state index in [1.165, 1.54) is 18.4 Å². The zero-order valence-electron chi connectivity index (χ0n) is 11.4. The second-order valence-corrected chi connectivity index (χ2v) is 7.31. The number of carbonyl (C=O) groups excluding carboxylic acids is 2. The molecule has 2 aromatic rings. The summed E-state index contributed by atoms with van der Waals surface area (Å²) in [4.78, 5) is 28.4. The van der Waals surface area contributed by atoms with E-state index in [0.29, 0.717) is 17.0 Å². The first-order valence-corrected chi connectivity index (χ1v) is 8.88. The number of fused-ring (bicyclic) bond motifs is 1. The van der Waals surface area contributed by atoms with Crippen molar-refractivity contribution in [3.8, 4) is 0 Å². The number of benzene rings is 1. The van der Waals surface area contributed by atoms with Gasteiger partial charge in [-0.3, -0.25) is 9.59 Å². The second kappa shape index (κ2) is 6.06. The maximum Gasteiger partial charge on any atom is 0.270 e. The standard InChI is InChI=1S/C15H10Br2N2O2S/c1-18-14(21)12-6-22-15(19-12)13(20)9-3-2-8-10(9)4-7(16)5-11(8)17/h3-6H,2H2,1H3,(H,18,21). The Morgan fingerprint density at radius 3 is 2.82 bits per heavy atom. The van der Waals surface area contributed by atoms with Crippen LogP contribution in [0.15, 0.2) is 32.5 Å². The summed E-state index contributed by atoms with van der Waals surface area (Å²) in [5.74, 6) is -0.439. The number of Topliss-reactive ketones (excluding diaryl/α,β-unsaturated/α-hetero) is 1. The molecule has 7 heteroatoms. The van der Waals surface area contributed by atoms with E-state index in [4.69, 9.17) is 0 Å². The minimum absolute atomic E-state index is 0.149. The smallest absolute Gasteiger partial charge is 0.270 e. The van der Waals surface area contributed by atoms with Crippen LogP contribution in [0.1, 0.15) is 31.4 Å². The largest absolute Gasteiger partial charge is 0.354 e. The molecule has 0 fully saturated rings. The van der Waals surface area contributed by atoms with Crippen LogP contribution in [-0.4, -0.2) is 23.7 Å². The fraction of sp³-hybridized carbons (Fsp3) is 0.133. The molecule has 0 spiro atoms. The third-order valence-corrected chi connectivity index (χ3v) is 5.37. The predicted octanol–water partition coefficient (Wildman–Crippen LogP) is 3.85. The summed E-state index contributed by atoms with van der Waals surface area (Å²) in [5, 5.41) is 4.42. The van der Waals surface area contributed by atoms with Crippen LogP contribution in [0, 0.1) is 0 Å². The van der Waals surface area contributed by atoms with Crippen LogP contribution < -0.4 is 5.32 Å². The number of halogens is 2. The molecule has 1 aliphatic carbocycles. The van der Waals surface area contributed by atoms with Gasteiger partial charge in [0.2, 0.25) is 5.78 Å². The Kier molecular flexibility index (Phi) is 4.29. The summed E-state index contributed by atoms with van der Waals surface area (Å²) in [6, 6.07) is 3.90. The number of thiazole rings is 1. The summed E-state index contributed by atoms with van der Waals surface area (Å²) >= 11 is 8.16. The highest BCUT2D eigenvalue weighted by atomic mass is 79.9. The van der Waals surface area contributed by atoms with E-state index in [0.717, 1.165) is 20.1 Å². The number of allylic oxidation sites excluding steroid dienone is 2. The van der Waals surface area contributed by atoms with Crippen LogP contribution in [0.2, 0.25) is 0 Å². The van der Waals surface area contributed by atoms with Crippen LogP contribution in [-0.2, 0) is 6.42 Å². The molecule has 112 valence electrons. The Balaban J connectivity index is 1.96. The van der Waals surface area contributed by atoms with Crippen LogP contribution >= 0.6 is 43.2 Å². The third-order valence-electron chi connectivity index (χ3n) is 3.36. The SMILES string of the molecule is CNC(=O)c1csc(C(=O)C2=CCc3c(Br)cc(Br)cc32)n1. The number of hydrogen-bond donors (Lipinski definition) is 1. The minimum atomic E-state index is -0.290. The molecule has 3 rings (SSSR count). The number of rotatable bonds is 3. The van der Waals surface area contributed by atoms with E-state index < -0.39 is 0 Å². The van der Waals surface area contributed by atoms with Gasteiger partial charge in [-0.1, -0.05) is 37.9 Å². The number of carbonyl (C=O) groups is 2. The van der Waals surface area contributed by atoms with Crippen molar-refractivity contribution in [3.63, 3.8) is 0 Å². The van der Waals surface area contributed by atoms with Gasteiger partial charge < -0.3 is 5.32 Å². The number of aromatic nitrogens is 1. The van der Waals surface area contributed by atoms with Crippen molar-refractivity contribution in [2.75, 3.05) is 7.05 Å². The van der Waals surface area contributed by atoms with Gasteiger partial charge in [-0.05, 0) is 29.7 Å². The fourth-order valence-electron chi connectivity index (χ4n) is 2.31. The van der Waals surface area contributed by atoms with Gasteiger partial charge in [0.1, 0.15) is 5.69 Å². The lowest BCUT2D eigenvalue weighted by Gasteiger charge is -2.06. The third kappa shape index (κ3) is 2.68. The van der Waals surface area contributed by atoms with Gasteiger partial charge in [0.25, 0.3) is 5.91 Å². The van der Waals surface area contributed by atoms with Crippen LogP contribution in [0.5, 0.6) is 0 Å². The van der Waals surface area contributed by atoms with Crippen molar-refractivity contribution in [2.24, 2.45) is 0 Å². The van der Waals surface area contributed by atoms with E-state index in [2.05, 4.69) is 42.2 Å². The zero-order chi connectivity index (χ0) is 15.9. The minimum Gasteiger partial charge on any atom is -0.354 e. The van der Waals surface area contributed by atoms with Crippen LogP contribution in [0.25, 0.3) is 5.57 Å². The van der Waals surface area contributed by atoms with Gasteiger partial charge >= 0.3 is 0 Å². The highest BCUT2D eigenvalue weighted by Crippen LogP contribution is 2.37. The van der Waals surface area contributed by atoms with E-state index in [1.807, 2.05) is 18.2 Å². The lowest BCUT2D eigenvalue weighted by Crippen LogP contribution is -2.18. The maximum atomic E-state index is 12.7. The zero-order valence-corrected chi connectivity index (χ0v) is 15.4. The number of amides is 1. The van der Waals surface area contributed by atoms with E-state index >= 15 is 0 Å². The maximum absolute atomic E-state index is 12.7. The quantitative estimate of drug-likeness (QED) is 0.736. The van der Waals surface area contributed by atoms with Crippen molar-refractivity contribution < 1.29 is 9.59 Å². The van der Waals surface area contributed by atoms with Gasteiger partial charge in [0.05, 0.1) is 0 Å². The van der Waals surface area contributed by atoms with Gasteiger partial charge in [-0.2, -0.15) is 0 Å². The molecule has 1 N–H and O–H groups in total. The lowest BCUT2D eigenvalue weighted by molar-refractivity contribution is 0.0959. The first kappa shape index (κ1) is 15.6. The Morgan fingerprint density at radius 1 is 1.32 bits per heavy atom. The molecule has 0 saturated carbocycles. The van der Waals surface area contributed by atoms with Gasteiger partial charge in [0, 0.05) is 26.9 Å². The lowest BCUT2D eigenvalue weighted by atomic mass is 10.0. The molecule has 1 heterocycles. The number of ketones is 1. The van der Waals surface area contributed by atoms with Crippen molar-refractivity contribution in [1.29, 1.82) is 0 Å². The first-order chi connectivity index (χ1) is 10.5. The molecule has 0 atom stereocenters. The van der Waals surface area contributed by atoms with Crippen LogP contribution in [0.4, 0.5) is 0 Å². The van der Waals surface area contributed by atoms with Crippen LogP contribution in [0.3, 0.4) is 0 Å². The summed E-state index contributed by atoms with van der Waals surface area (Å²) in [7, 11) is 1.54. The van der Waals surface area contributed by atoms with Crippen molar-refractivity contribution in [1.82, 2.24) is 10.3 Å². The van der Waals surface area contributed by atoms with Gasteiger partial charge in [-0.25, -0.2) is 4.98 Å². The molecular weight excluding hydrogens is 432 g/mol. The number of nitrogens with zero attached hydrogens (tertiary/aromatic N) is 1. The molecule has 0 unspecified atom stereocenters. The van der Waals surface area contributed by atoms with Gasteiger partial charge in [-0.15, -0.1) is 11.3 Å². The van der Waals surface area contributed by atoms with Crippen molar-refractivity contribution in [2.45, 2.75) is 6.42 Å². The topological polar surface area (TPSA) is 59.1 Å². The molecule has 1 aromatic heterocycles.